The van der Waals surface area contributed by atoms with Gasteiger partial charge in [0.25, 0.3) is 5.91 Å². The minimum atomic E-state index is -0.632. The van der Waals surface area contributed by atoms with Crippen molar-refractivity contribution in [2.45, 2.75) is 32.9 Å². The second-order valence-corrected chi connectivity index (χ2v) is 7.28. The Hall–Kier alpha value is -2.61. The number of hydrogen-bond acceptors (Lipinski definition) is 5. The fourth-order valence-electron chi connectivity index (χ4n) is 2.77. The number of halogens is 1. The minimum absolute atomic E-state index is 0.0295. The fraction of sp³-hybridized carbons (Fsp3) is 0.474. The summed E-state index contributed by atoms with van der Waals surface area (Å²) >= 11 is 6.11. The van der Waals surface area contributed by atoms with Gasteiger partial charge in [0, 0.05) is 30.6 Å². The van der Waals surface area contributed by atoms with E-state index in [4.69, 9.17) is 16.3 Å². The first-order chi connectivity index (χ1) is 13.3. The first kappa shape index (κ1) is 21.7. The topological polar surface area (TPSA) is 105 Å². The molecule has 0 radical (unpaired) electrons. The van der Waals surface area contributed by atoms with Crippen LogP contribution >= 0.6 is 11.6 Å². The van der Waals surface area contributed by atoms with Gasteiger partial charge in [0.1, 0.15) is 0 Å². The second kappa shape index (κ2) is 10.1. The Balaban J connectivity index is 1.76. The lowest BCUT2D eigenvalue weighted by atomic mass is 10.1. The van der Waals surface area contributed by atoms with E-state index >= 15 is 0 Å². The first-order valence-corrected chi connectivity index (χ1v) is 9.38. The van der Waals surface area contributed by atoms with Gasteiger partial charge in [-0.1, -0.05) is 29.8 Å². The van der Waals surface area contributed by atoms with Crippen LogP contribution in [0.1, 0.15) is 25.8 Å². The Morgan fingerprint density at radius 2 is 1.96 bits per heavy atom. The highest BCUT2D eigenvalue weighted by Gasteiger charge is 2.35. The molecule has 9 heteroatoms. The maximum Gasteiger partial charge on any atom is 0.311 e. The highest BCUT2D eigenvalue weighted by Crippen LogP contribution is 2.24. The summed E-state index contributed by atoms with van der Waals surface area (Å²) in [7, 11) is 0. The zero-order valence-corrected chi connectivity index (χ0v) is 16.6. The summed E-state index contributed by atoms with van der Waals surface area (Å²) < 4.78 is 4.98. The molecule has 1 fully saturated rings. The van der Waals surface area contributed by atoms with Gasteiger partial charge in [-0.15, -0.1) is 0 Å². The number of amides is 3. The molecule has 0 saturated carbocycles. The molecular formula is C19H24ClN3O5. The van der Waals surface area contributed by atoms with Crippen molar-refractivity contribution in [1.82, 2.24) is 15.5 Å². The first-order valence-electron chi connectivity index (χ1n) is 9.00. The number of nitrogens with zero attached hydrogens (tertiary/aromatic N) is 1. The van der Waals surface area contributed by atoms with E-state index < -0.39 is 24.4 Å². The quantitative estimate of drug-likeness (QED) is 0.620. The van der Waals surface area contributed by atoms with E-state index in [1.165, 1.54) is 0 Å². The van der Waals surface area contributed by atoms with E-state index in [1.54, 1.807) is 30.9 Å². The van der Waals surface area contributed by atoms with Crippen molar-refractivity contribution < 1.29 is 23.9 Å². The highest BCUT2D eigenvalue weighted by atomic mass is 35.5. The molecule has 1 aliphatic rings. The zero-order valence-electron chi connectivity index (χ0n) is 15.9. The van der Waals surface area contributed by atoms with Gasteiger partial charge in [-0.25, -0.2) is 0 Å². The number of esters is 1. The molecular weight excluding hydrogens is 386 g/mol. The summed E-state index contributed by atoms with van der Waals surface area (Å²) in [5.74, 6) is -2.32. The van der Waals surface area contributed by atoms with Crippen LogP contribution in [-0.4, -0.2) is 54.3 Å². The van der Waals surface area contributed by atoms with Crippen molar-refractivity contribution in [2.24, 2.45) is 5.92 Å². The molecule has 0 spiro atoms. The molecule has 3 amide bonds. The van der Waals surface area contributed by atoms with E-state index in [0.717, 1.165) is 5.56 Å². The molecule has 1 aromatic rings. The van der Waals surface area contributed by atoms with E-state index in [0.29, 0.717) is 11.6 Å². The average Bonchev–Trinajstić information content (AvgIpc) is 3.00. The largest absolute Gasteiger partial charge is 0.455 e. The number of nitrogens with one attached hydrogen (secondary N) is 2. The van der Waals surface area contributed by atoms with Crippen LogP contribution in [0.15, 0.2) is 24.3 Å². The molecule has 1 saturated heterocycles. The van der Waals surface area contributed by atoms with Gasteiger partial charge in [0.15, 0.2) is 6.61 Å². The van der Waals surface area contributed by atoms with Gasteiger partial charge >= 0.3 is 5.97 Å². The molecule has 1 aromatic carbocycles. The van der Waals surface area contributed by atoms with E-state index in [9.17, 15) is 19.2 Å². The maximum absolute atomic E-state index is 12.2. The van der Waals surface area contributed by atoms with Gasteiger partial charge < -0.3 is 20.3 Å². The molecule has 2 N–H and O–H groups in total. The van der Waals surface area contributed by atoms with E-state index in [2.05, 4.69) is 10.6 Å². The summed E-state index contributed by atoms with van der Waals surface area (Å²) in [6.45, 7) is 3.44. The third-order valence-electron chi connectivity index (χ3n) is 4.11. The highest BCUT2D eigenvalue weighted by molar-refractivity contribution is 6.31. The normalized spacial score (nSPS) is 16.2. The van der Waals surface area contributed by atoms with Crippen LogP contribution in [0.2, 0.25) is 5.02 Å². The molecule has 0 unspecified atom stereocenters. The standard InChI is InChI=1S/C19H24ClN3O5/c1-12(2)22-16(24)8-21-17(25)11-28-19(27)14-7-18(26)23(10-14)9-13-5-3-4-6-15(13)20/h3-6,12,14H,7-11H2,1-2H3,(H,21,25)(H,22,24)/t14-/m1/s1. The SMILES string of the molecule is CC(C)NC(=O)CNC(=O)COC(=O)[C@@H]1CC(=O)N(Cc2ccccc2Cl)C1. The number of hydrogen-bond donors (Lipinski definition) is 2. The number of benzene rings is 1. The van der Waals surface area contributed by atoms with Gasteiger partial charge in [-0.05, 0) is 25.5 Å². The molecule has 1 aliphatic heterocycles. The Morgan fingerprint density at radius 3 is 2.64 bits per heavy atom. The van der Waals surface area contributed by atoms with Crippen LogP contribution in [0.3, 0.4) is 0 Å². The van der Waals surface area contributed by atoms with Crippen molar-refractivity contribution in [1.29, 1.82) is 0 Å². The number of carbonyl (C=O) groups is 4. The zero-order chi connectivity index (χ0) is 20.7. The minimum Gasteiger partial charge on any atom is -0.455 e. The van der Waals surface area contributed by atoms with Crippen molar-refractivity contribution in [2.75, 3.05) is 19.7 Å². The number of carbonyl (C=O) groups excluding carboxylic acids is 4. The van der Waals surface area contributed by atoms with Crippen LogP contribution < -0.4 is 10.6 Å². The average molecular weight is 410 g/mol. The molecule has 152 valence electrons. The van der Waals surface area contributed by atoms with Crippen LogP contribution in [0.4, 0.5) is 0 Å². The van der Waals surface area contributed by atoms with Gasteiger partial charge in [-0.2, -0.15) is 0 Å². The molecule has 2 rings (SSSR count). The lowest BCUT2D eigenvalue weighted by Gasteiger charge is -2.17. The Morgan fingerprint density at radius 1 is 1.25 bits per heavy atom. The molecule has 0 aromatic heterocycles. The maximum atomic E-state index is 12.2. The van der Waals surface area contributed by atoms with Crippen molar-refractivity contribution in [3.05, 3.63) is 34.9 Å². The van der Waals surface area contributed by atoms with Crippen molar-refractivity contribution in [3.63, 3.8) is 0 Å². The number of ether oxygens (including phenoxy) is 1. The van der Waals surface area contributed by atoms with Crippen LogP contribution in [-0.2, 0) is 30.5 Å². The predicted molar refractivity (Wildman–Crippen MR) is 102 cm³/mol. The molecule has 1 atom stereocenters. The predicted octanol–water partition coefficient (Wildman–Crippen LogP) is 0.873. The third-order valence-corrected chi connectivity index (χ3v) is 4.48. The summed E-state index contributed by atoms with van der Waals surface area (Å²) in [5, 5.41) is 5.55. The molecule has 8 nitrogen and oxygen atoms in total. The number of rotatable bonds is 8. The summed E-state index contributed by atoms with van der Waals surface area (Å²) in [4.78, 5) is 49.0. The van der Waals surface area contributed by atoms with E-state index in [1.807, 2.05) is 12.1 Å². The Labute approximate surface area is 168 Å². The van der Waals surface area contributed by atoms with Crippen LogP contribution in [0.5, 0.6) is 0 Å². The molecule has 0 bridgehead atoms. The summed E-state index contributed by atoms with van der Waals surface area (Å²) in [6.07, 6.45) is 0.0295. The van der Waals surface area contributed by atoms with Crippen LogP contribution in [0, 0.1) is 5.92 Å². The van der Waals surface area contributed by atoms with Gasteiger partial charge in [-0.3, -0.25) is 19.2 Å². The summed E-state index contributed by atoms with van der Waals surface area (Å²) in [6, 6.07) is 7.16. The Kier molecular flexibility index (Phi) is 7.80. The van der Waals surface area contributed by atoms with Crippen molar-refractivity contribution in [3.8, 4) is 0 Å². The molecule has 0 aliphatic carbocycles. The van der Waals surface area contributed by atoms with E-state index in [-0.39, 0.29) is 37.4 Å². The molecule has 1 heterocycles. The lowest BCUT2D eigenvalue weighted by Crippen LogP contribution is -2.41. The monoisotopic (exact) mass is 409 g/mol. The lowest BCUT2D eigenvalue weighted by molar-refractivity contribution is -0.152. The Bertz CT molecular complexity index is 753. The smallest absolute Gasteiger partial charge is 0.311 e. The van der Waals surface area contributed by atoms with Crippen LogP contribution in [0.25, 0.3) is 0 Å². The molecule has 28 heavy (non-hydrogen) atoms. The van der Waals surface area contributed by atoms with Crippen molar-refractivity contribution >= 4 is 35.3 Å². The second-order valence-electron chi connectivity index (χ2n) is 6.87. The third kappa shape index (κ3) is 6.53. The van der Waals surface area contributed by atoms with Gasteiger partial charge in [0.2, 0.25) is 11.8 Å². The number of likely N-dealkylation sites (tertiary alicyclic amines) is 1. The summed E-state index contributed by atoms with van der Waals surface area (Å²) in [5.41, 5.74) is 0.797. The fourth-order valence-corrected chi connectivity index (χ4v) is 2.97. The van der Waals surface area contributed by atoms with Gasteiger partial charge in [0.05, 0.1) is 12.5 Å².